The number of carbonyl (C=O) groups is 4. The summed E-state index contributed by atoms with van der Waals surface area (Å²) in [5, 5.41) is 6.23. The van der Waals surface area contributed by atoms with E-state index in [1.807, 2.05) is 74.5 Å². The number of nitrogens with zero attached hydrogens (tertiary/aromatic N) is 6. The molecule has 4 heterocycles. The number of unbranched alkanes of at least 4 members (excludes halogenated alkanes) is 4. The second-order valence-electron chi connectivity index (χ2n) is 16.8. The summed E-state index contributed by atoms with van der Waals surface area (Å²) in [5.41, 5.74) is 3.79. The number of oxazole rings is 2. The van der Waals surface area contributed by atoms with E-state index in [9.17, 15) is 19.2 Å². The van der Waals surface area contributed by atoms with E-state index in [2.05, 4.69) is 47.4 Å². The molecule has 14 heteroatoms. The fraction of sp³-hybridized carbons (Fsp3) is 0.423. The Balaban J connectivity index is 0.000000219. The van der Waals surface area contributed by atoms with Crippen LogP contribution in [0, 0.1) is 0 Å². The van der Waals surface area contributed by atoms with Gasteiger partial charge >= 0.3 is 0 Å². The molecule has 1 aliphatic heterocycles. The summed E-state index contributed by atoms with van der Waals surface area (Å²) < 4.78 is 12.1. The Morgan fingerprint density at radius 3 is 1.65 bits per heavy atom. The second-order valence-corrected chi connectivity index (χ2v) is 16.8. The minimum Gasteiger partial charge on any atom is -0.438 e. The number of piperazine rings is 1. The number of hydrogen-bond acceptors (Lipinski definition) is 12. The minimum absolute atomic E-state index is 0.000162. The van der Waals surface area contributed by atoms with E-state index in [1.54, 1.807) is 43.0 Å². The highest BCUT2D eigenvalue weighted by Crippen LogP contribution is 2.28. The van der Waals surface area contributed by atoms with E-state index in [1.165, 1.54) is 0 Å². The van der Waals surface area contributed by atoms with Gasteiger partial charge in [-0.3, -0.25) is 34.0 Å². The predicted octanol–water partition coefficient (Wildman–Crippen LogP) is 9.36. The van der Waals surface area contributed by atoms with Crippen LogP contribution in [0.15, 0.2) is 112 Å². The van der Waals surface area contributed by atoms with Crippen molar-refractivity contribution in [2.75, 3.05) is 39.8 Å². The molecule has 1 fully saturated rings. The molecular weight excluding hydrogens is 833 g/mol. The number of amides is 2. The van der Waals surface area contributed by atoms with Gasteiger partial charge in [-0.2, -0.15) is 0 Å². The average molecular weight is 897 g/mol. The first-order valence-electron chi connectivity index (χ1n) is 23.5. The van der Waals surface area contributed by atoms with E-state index in [4.69, 9.17) is 8.83 Å². The summed E-state index contributed by atoms with van der Waals surface area (Å²) in [6.07, 6.45) is 15.8. The van der Waals surface area contributed by atoms with Crippen molar-refractivity contribution in [3.05, 3.63) is 121 Å². The molecule has 1 aliphatic rings. The number of likely N-dealkylation sites (N-methyl/N-ethyl adjacent to an activating group) is 1. The minimum atomic E-state index is -0.385. The van der Waals surface area contributed by atoms with Crippen LogP contribution >= 0.6 is 0 Å². The number of nitrogens with one attached hydrogen (secondary N) is 2. The van der Waals surface area contributed by atoms with Gasteiger partial charge in [0.05, 0.1) is 30.0 Å². The third-order valence-corrected chi connectivity index (χ3v) is 11.8. The summed E-state index contributed by atoms with van der Waals surface area (Å²) in [4.78, 5) is 71.0. The Morgan fingerprint density at radius 2 is 1.12 bits per heavy atom. The molecule has 3 aromatic heterocycles. The Morgan fingerprint density at radius 1 is 0.606 bits per heavy atom. The molecule has 348 valence electrons. The van der Waals surface area contributed by atoms with Gasteiger partial charge in [-0.15, -0.1) is 0 Å². The van der Waals surface area contributed by atoms with E-state index < -0.39 is 0 Å². The van der Waals surface area contributed by atoms with Crippen molar-refractivity contribution >= 4 is 34.4 Å². The van der Waals surface area contributed by atoms with Gasteiger partial charge in [0, 0.05) is 80.9 Å². The van der Waals surface area contributed by atoms with Crippen molar-refractivity contribution in [2.24, 2.45) is 0 Å². The highest BCUT2D eigenvalue weighted by molar-refractivity contribution is 5.97. The van der Waals surface area contributed by atoms with Crippen LogP contribution in [0.3, 0.4) is 0 Å². The van der Waals surface area contributed by atoms with Crippen molar-refractivity contribution in [1.29, 1.82) is 0 Å². The molecule has 0 aliphatic carbocycles. The normalized spacial score (nSPS) is 13.9. The van der Waals surface area contributed by atoms with Gasteiger partial charge in [0.15, 0.2) is 11.5 Å². The topological polar surface area (TPSA) is 177 Å². The van der Waals surface area contributed by atoms with Crippen molar-refractivity contribution in [3.63, 3.8) is 0 Å². The van der Waals surface area contributed by atoms with Gasteiger partial charge in [0.2, 0.25) is 17.7 Å². The van der Waals surface area contributed by atoms with Crippen molar-refractivity contribution in [3.8, 4) is 22.6 Å². The lowest BCUT2D eigenvalue weighted by molar-refractivity contribution is -0.123. The van der Waals surface area contributed by atoms with E-state index >= 15 is 0 Å². The molecule has 0 bridgehead atoms. The lowest BCUT2D eigenvalue weighted by Crippen LogP contribution is -2.48. The summed E-state index contributed by atoms with van der Waals surface area (Å²) in [7, 11) is 2.11. The molecule has 0 unspecified atom stereocenters. The fourth-order valence-corrected chi connectivity index (χ4v) is 7.73. The van der Waals surface area contributed by atoms with Crippen LogP contribution in [0.2, 0.25) is 0 Å². The number of hydrogen-bond donors (Lipinski definition) is 2. The lowest BCUT2D eigenvalue weighted by atomic mass is 10.0. The van der Waals surface area contributed by atoms with Crippen LogP contribution in [0.4, 0.5) is 0 Å². The van der Waals surface area contributed by atoms with Crippen LogP contribution in [0.25, 0.3) is 33.7 Å². The zero-order valence-corrected chi connectivity index (χ0v) is 38.6. The summed E-state index contributed by atoms with van der Waals surface area (Å²) in [6, 6.07) is 24.2. The molecule has 3 aromatic carbocycles. The first-order valence-corrected chi connectivity index (χ1v) is 23.5. The molecule has 6 aromatic rings. The quantitative estimate of drug-likeness (QED) is 0.0584. The van der Waals surface area contributed by atoms with Gasteiger partial charge in [0.25, 0.3) is 5.91 Å². The first kappa shape index (κ1) is 49.1. The number of rotatable bonds is 23. The SMILES string of the molecule is CCC(=O)CCCCC[C@H](NC(=O)CN1CCN(C)CC1)c1ncc(-c2ccccc2)o1.CCC(=O)CCCCC[C@H](NC(=O)c1ccc2nccnc2c1)c1ncc(-c2ccccc2)o1. The number of aromatic nitrogens is 4. The second kappa shape index (κ2) is 25.9. The number of benzene rings is 3. The Kier molecular flexibility index (Phi) is 19.3. The van der Waals surface area contributed by atoms with Gasteiger partial charge in [-0.1, -0.05) is 100 Å². The molecule has 66 heavy (non-hydrogen) atoms. The maximum absolute atomic E-state index is 13.1. The fourth-order valence-electron chi connectivity index (χ4n) is 7.73. The average Bonchev–Trinajstić information content (AvgIpc) is 4.06. The monoisotopic (exact) mass is 896 g/mol. The summed E-state index contributed by atoms with van der Waals surface area (Å²) in [6.45, 7) is 7.94. The van der Waals surface area contributed by atoms with Crippen molar-refractivity contribution in [2.45, 2.75) is 103 Å². The zero-order valence-electron chi connectivity index (χ0n) is 38.6. The van der Waals surface area contributed by atoms with Crippen LogP contribution in [0.1, 0.15) is 125 Å². The van der Waals surface area contributed by atoms with Crippen LogP contribution in [-0.2, 0) is 14.4 Å². The third-order valence-electron chi connectivity index (χ3n) is 11.8. The van der Waals surface area contributed by atoms with Gasteiger partial charge in [-0.25, -0.2) is 9.97 Å². The Bertz CT molecular complexity index is 2430. The largest absolute Gasteiger partial charge is 0.438 e. The van der Waals surface area contributed by atoms with Crippen LogP contribution in [-0.4, -0.2) is 92.9 Å². The van der Waals surface area contributed by atoms with Crippen molar-refractivity contribution < 1.29 is 28.0 Å². The number of Topliss-reactive ketones (excluding diaryl/α,β-unsaturated/α-hetero) is 2. The number of fused-ring (bicyclic) bond motifs is 1. The zero-order chi connectivity index (χ0) is 46.5. The van der Waals surface area contributed by atoms with Crippen LogP contribution < -0.4 is 10.6 Å². The Hall–Kier alpha value is -6.38. The molecule has 14 nitrogen and oxygen atoms in total. The number of carbonyl (C=O) groups excluding carboxylic acids is 4. The summed E-state index contributed by atoms with van der Waals surface area (Å²) >= 11 is 0. The molecule has 0 spiro atoms. The van der Waals surface area contributed by atoms with Gasteiger partial charge in [-0.05, 0) is 50.9 Å². The molecule has 0 saturated carbocycles. The van der Waals surface area contributed by atoms with E-state index in [-0.39, 0.29) is 29.7 Å². The Labute approximate surface area is 388 Å². The number of ketones is 2. The van der Waals surface area contributed by atoms with Gasteiger partial charge in [0.1, 0.15) is 23.7 Å². The first-order chi connectivity index (χ1) is 32.2. The standard InChI is InChI=1S/C27H28N4O3.C25H36N4O3/c1-2-21(32)11-7-4-8-12-23(27-30-18-25(34-27)19-9-5-3-6-10-19)31-26(33)20-13-14-22-24(17-20)29-16-15-28-22;1-3-21(30)12-8-5-9-13-22(27-24(31)19-29-16-14-28(2)15-17-29)25-26-18-23(32-25)20-10-6-4-7-11-20/h3,5-6,9-10,13-18,23H,2,4,7-8,11-12H2,1H3,(H,31,33);4,6-7,10-11,18,22H,3,5,8-9,12-17,19H2,1-2H3,(H,27,31)/t23-;22-/m00/s1. The summed E-state index contributed by atoms with van der Waals surface area (Å²) in [5.74, 6) is 2.74. The highest BCUT2D eigenvalue weighted by atomic mass is 16.4. The molecule has 2 N–H and O–H groups in total. The maximum Gasteiger partial charge on any atom is 0.252 e. The smallest absolute Gasteiger partial charge is 0.252 e. The molecule has 1 saturated heterocycles. The van der Waals surface area contributed by atoms with E-state index in [0.717, 1.165) is 87.8 Å². The van der Waals surface area contributed by atoms with Crippen molar-refractivity contribution in [1.82, 2.24) is 40.4 Å². The predicted molar refractivity (Wildman–Crippen MR) is 255 cm³/mol. The molecule has 0 radical (unpaired) electrons. The van der Waals surface area contributed by atoms with Crippen LogP contribution in [0.5, 0.6) is 0 Å². The maximum atomic E-state index is 13.1. The van der Waals surface area contributed by atoms with E-state index in [0.29, 0.717) is 78.8 Å². The lowest BCUT2D eigenvalue weighted by Gasteiger charge is -2.32. The molecule has 7 rings (SSSR count). The molecule has 2 atom stereocenters. The molecular formula is C52H64N8O6. The third kappa shape index (κ3) is 15.4. The molecule has 2 amide bonds. The van der Waals surface area contributed by atoms with Gasteiger partial charge < -0.3 is 24.4 Å². The highest BCUT2D eigenvalue weighted by Gasteiger charge is 2.24.